The summed E-state index contributed by atoms with van der Waals surface area (Å²) in [4.78, 5) is 2.23. The van der Waals surface area contributed by atoms with Crippen LogP contribution in [0.3, 0.4) is 0 Å². The Morgan fingerprint density at radius 3 is 2.55 bits per heavy atom. The SMILES string of the molecule is CCC[CH]CN(CC)CCO. The second-order valence-electron chi connectivity index (χ2n) is 2.69. The van der Waals surface area contributed by atoms with Crippen LogP contribution in [0.25, 0.3) is 0 Å². The summed E-state index contributed by atoms with van der Waals surface area (Å²) in [5, 5.41) is 8.67. The minimum atomic E-state index is 0.272. The van der Waals surface area contributed by atoms with E-state index in [0.29, 0.717) is 0 Å². The van der Waals surface area contributed by atoms with Crippen molar-refractivity contribution in [3.8, 4) is 0 Å². The third kappa shape index (κ3) is 6.32. The summed E-state index contributed by atoms with van der Waals surface area (Å²) in [7, 11) is 0. The predicted octanol–water partition coefficient (Wildman–Crippen LogP) is 1.30. The van der Waals surface area contributed by atoms with E-state index in [4.69, 9.17) is 5.11 Å². The van der Waals surface area contributed by atoms with Crippen molar-refractivity contribution in [1.82, 2.24) is 4.90 Å². The average molecular weight is 158 g/mol. The molecule has 0 aromatic rings. The van der Waals surface area contributed by atoms with Crippen LogP contribution in [0.4, 0.5) is 0 Å². The zero-order valence-corrected chi connectivity index (χ0v) is 7.71. The molecule has 0 aliphatic carbocycles. The largest absolute Gasteiger partial charge is 0.395 e. The van der Waals surface area contributed by atoms with E-state index in [9.17, 15) is 0 Å². The summed E-state index contributed by atoms with van der Waals surface area (Å²) < 4.78 is 0. The Bertz CT molecular complexity index is 76.0. The number of aliphatic hydroxyl groups excluding tert-OH is 1. The van der Waals surface area contributed by atoms with Gasteiger partial charge in [0.1, 0.15) is 0 Å². The predicted molar refractivity (Wildman–Crippen MR) is 48.4 cm³/mol. The van der Waals surface area contributed by atoms with Gasteiger partial charge in [-0.25, -0.2) is 0 Å². The summed E-state index contributed by atoms with van der Waals surface area (Å²) >= 11 is 0. The molecule has 0 saturated heterocycles. The van der Waals surface area contributed by atoms with Crippen molar-refractivity contribution >= 4 is 0 Å². The molecule has 0 aliphatic heterocycles. The highest BCUT2D eigenvalue weighted by Crippen LogP contribution is 1.95. The van der Waals surface area contributed by atoms with Gasteiger partial charge in [-0.15, -0.1) is 0 Å². The number of hydrogen-bond donors (Lipinski definition) is 1. The molecule has 1 N–H and O–H groups in total. The van der Waals surface area contributed by atoms with E-state index in [1.165, 1.54) is 12.8 Å². The minimum Gasteiger partial charge on any atom is -0.395 e. The van der Waals surface area contributed by atoms with Gasteiger partial charge in [-0.2, -0.15) is 0 Å². The molecule has 2 heteroatoms. The molecule has 0 unspecified atom stereocenters. The van der Waals surface area contributed by atoms with E-state index < -0.39 is 0 Å². The first-order valence-electron chi connectivity index (χ1n) is 4.50. The molecule has 0 heterocycles. The Labute approximate surface area is 70.2 Å². The highest BCUT2D eigenvalue weighted by atomic mass is 16.3. The van der Waals surface area contributed by atoms with Crippen LogP contribution in [0.1, 0.15) is 26.7 Å². The number of unbranched alkanes of at least 4 members (excludes halogenated alkanes) is 2. The Morgan fingerprint density at radius 1 is 1.36 bits per heavy atom. The smallest absolute Gasteiger partial charge is 0.0558 e. The van der Waals surface area contributed by atoms with Gasteiger partial charge in [0.05, 0.1) is 6.61 Å². The second kappa shape index (κ2) is 8.02. The fourth-order valence-corrected chi connectivity index (χ4v) is 0.998. The van der Waals surface area contributed by atoms with Crippen LogP contribution in [0.5, 0.6) is 0 Å². The van der Waals surface area contributed by atoms with Crippen molar-refractivity contribution in [1.29, 1.82) is 0 Å². The Hall–Kier alpha value is -0.0800. The Kier molecular flexibility index (Phi) is 7.96. The number of nitrogens with zero attached hydrogens (tertiary/aromatic N) is 1. The van der Waals surface area contributed by atoms with Gasteiger partial charge in [-0.05, 0) is 19.4 Å². The van der Waals surface area contributed by atoms with Gasteiger partial charge in [-0.3, -0.25) is 0 Å². The fraction of sp³-hybridized carbons (Fsp3) is 0.889. The van der Waals surface area contributed by atoms with Gasteiger partial charge in [0.2, 0.25) is 0 Å². The van der Waals surface area contributed by atoms with Crippen LogP contribution in [0.15, 0.2) is 0 Å². The lowest BCUT2D eigenvalue weighted by molar-refractivity contribution is 0.210. The van der Waals surface area contributed by atoms with E-state index in [1.54, 1.807) is 0 Å². The van der Waals surface area contributed by atoms with Crippen LogP contribution in [-0.2, 0) is 0 Å². The van der Waals surface area contributed by atoms with Gasteiger partial charge in [0, 0.05) is 13.1 Å². The van der Waals surface area contributed by atoms with Gasteiger partial charge in [-0.1, -0.05) is 20.3 Å². The quantitative estimate of drug-likeness (QED) is 0.565. The summed E-state index contributed by atoms with van der Waals surface area (Å²) in [6.45, 7) is 7.42. The topological polar surface area (TPSA) is 23.5 Å². The molecular formula is C9H20NO. The second-order valence-corrected chi connectivity index (χ2v) is 2.69. The van der Waals surface area contributed by atoms with E-state index >= 15 is 0 Å². The molecule has 0 fully saturated rings. The molecule has 0 aliphatic rings. The summed E-state index contributed by atoms with van der Waals surface area (Å²) in [6.07, 6.45) is 4.68. The molecule has 0 bridgehead atoms. The summed E-state index contributed by atoms with van der Waals surface area (Å²) in [6, 6.07) is 0. The van der Waals surface area contributed by atoms with Crippen molar-refractivity contribution in [2.45, 2.75) is 26.7 Å². The monoisotopic (exact) mass is 158 g/mol. The van der Waals surface area contributed by atoms with Crippen LogP contribution < -0.4 is 0 Å². The number of rotatable bonds is 7. The van der Waals surface area contributed by atoms with Crippen molar-refractivity contribution in [3.05, 3.63) is 6.42 Å². The van der Waals surface area contributed by atoms with E-state index in [0.717, 1.165) is 19.6 Å². The molecule has 0 spiro atoms. The number of aliphatic hydroxyl groups is 1. The zero-order valence-electron chi connectivity index (χ0n) is 7.71. The van der Waals surface area contributed by atoms with E-state index in [1.807, 2.05) is 0 Å². The molecule has 0 rings (SSSR count). The molecule has 11 heavy (non-hydrogen) atoms. The first-order chi connectivity index (χ1) is 5.35. The molecule has 0 amide bonds. The molecule has 0 aromatic carbocycles. The molecule has 0 aromatic heterocycles. The van der Waals surface area contributed by atoms with Crippen molar-refractivity contribution in [2.24, 2.45) is 0 Å². The molecule has 2 nitrogen and oxygen atoms in total. The maximum Gasteiger partial charge on any atom is 0.0558 e. The van der Waals surface area contributed by atoms with Crippen LogP contribution in [0.2, 0.25) is 0 Å². The minimum absolute atomic E-state index is 0.272. The third-order valence-corrected chi connectivity index (χ3v) is 1.74. The van der Waals surface area contributed by atoms with E-state index in [2.05, 4.69) is 25.2 Å². The van der Waals surface area contributed by atoms with Crippen LogP contribution >= 0.6 is 0 Å². The lowest BCUT2D eigenvalue weighted by Gasteiger charge is -2.18. The normalized spacial score (nSPS) is 10.9. The first kappa shape index (κ1) is 10.9. The summed E-state index contributed by atoms with van der Waals surface area (Å²) in [5.74, 6) is 0. The van der Waals surface area contributed by atoms with Crippen LogP contribution in [-0.4, -0.2) is 36.2 Å². The van der Waals surface area contributed by atoms with Crippen LogP contribution in [0, 0.1) is 6.42 Å². The third-order valence-electron chi connectivity index (χ3n) is 1.74. The fourth-order valence-electron chi connectivity index (χ4n) is 0.998. The molecular weight excluding hydrogens is 138 g/mol. The number of likely N-dealkylation sites (N-methyl/N-ethyl adjacent to an activating group) is 1. The van der Waals surface area contributed by atoms with Crippen molar-refractivity contribution in [3.63, 3.8) is 0 Å². The highest BCUT2D eigenvalue weighted by molar-refractivity contribution is 4.69. The lowest BCUT2D eigenvalue weighted by Crippen LogP contribution is -2.27. The average Bonchev–Trinajstić information content (AvgIpc) is 2.03. The Balaban J connectivity index is 3.20. The Morgan fingerprint density at radius 2 is 2.09 bits per heavy atom. The maximum atomic E-state index is 8.67. The molecule has 1 radical (unpaired) electrons. The van der Waals surface area contributed by atoms with Crippen molar-refractivity contribution in [2.75, 3.05) is 26.2 Å². The van der Waals surface area contributed by atoms with Gasteiger partial charge in [0.15, 0.2) is 0 Å². The summed E-state index contributed by atoms with van der Waals surface area (Å²) in [5.41, 5.74) is 0. The van der Waals surface area contributed by atoms with Gasteiger partial charge in [0.25, 0.3) is 0 Å². The highest BCUT2D eigenvalue weighted by Gasteiger charge is 1.99. The lowest BCUT2D eigenvalue weighted by atomic mass is 10.2. The van der Waals surface area contributed by atoms with Crippen molar-refractivity contribution < 1.29 is 5.11 Å². The zero-order chi connectivity index (χ0) is 8.53. The maximum absolute atomic E-state index is 8.67. The standard InChI is InChI=1S/C9H20NO/c1-3-5-6-7-10(4-2)8-9-11/h6,11H,3-5,7-9H2,1-2H3. The molecule has 67 valence electrons. The van der Waals surface area contributed by atoms with E-state index in [-0.39, 0.29) is 6.61 Å². The first-order valence-corrected chi connectivity index (χ1v) is 4.50. The number of hydrogen-bond acceptors (Lipinski definition) is 2. The molecule has 0 saturated carbocycles. The van der Waals surface area contributed by atoms with Gasteiger partial charge >= 0.3 is 0 Å². The molecule has 0 atom stereocenters. The van der Waals surface area contributed by atoms with Gasteiger partial charge < -0.3 is 10.0 Å².